The summed E-state index contributed by atoms with van der Waals surface area (Å²) in [4.78, 5) is 17.5. The number of aromatic carboxylic acids is 1. The summed E-state index contributed by atoms with van der Waals surface area (Å²) in [6.45, 7) is 2.50. The fraction of sp³-hybridized carbons (Fsp3) is 0.600. The Kier molecular flexibility index (Phi) is 3.98. The maximum atomic E-state index is 10.8. The smallest absolute Gasteiger partial charge is 0.337 e. The minimum atomic E-state index is -0.928. The molecule has 1 N–H and O–H groups in total. The van der Waals surface area contributed by atoms with Crippen molar-refractivity contribution in [3.05, 3.63) is 29.6 Å². The summed E-state index contributed by atoms with van der Waals surface area (Å²) in [7, 11) is 0. The van der Waals surface area contributed by atoms with Crippen molar-refractivity contribution >= 4 is 5.97 Å². The monoisotopic (exact) mass is 276 g/mol. The van der Waals surface area contributed by atoms with Gasteiger partial charge in [-0.05, 0) is 25.0 Å². The molecule has 1 aromatic rings. The first kappa shape index (κ1) is 13.5. The lowest BCUT2D eigenvalue weighted by Crippen LogP contribution is -2.52. The highest BCUT2D eigenvalue weighted by atomic mass is 16.5. The number of carbonyl (C=O) groups is 1. The second kappa shape index (κ2) is 5.89. The van der Waals surface area contributed by atoms with Crippen molar-refractivity contribution in [2.45, 2.75) is 44.4 Å². The van der Waals surface area contributed by atoms with E-state index < -0.39 is 5.97 Å². The summed E-state index contributed by atoms with van der Waals surface area (Å²) in [5.41, 5.74) is 1.17. The first-order valence-electron chi connectivity index (χ1n) is 7.28. The van der Waals surface area contributed by atoms with Crippen LogP contribution in [0.5, 0.6) is 0 Å². The molecule has 2 fully saturated rings. The lowest BCUT2D eigenvalue weighted by atomic mass is 9.90. The fourth-order valence-corrected chi connectivity index (χ4v) is 3.23. The molecule has 2 heterocycles. The van der Waals surface area contributed by atoms with Crippen LogP contribution in [0, 0.1) is 0 Å². The molecule has 1 aliphatic carbocycles. The van der Waals surface area contributed by atoms with Crippen LogP contribution < -0.4 is 0 Å². The van der Waals surface area contributed by atoms with Gasteiger partial charge >= 0.3 is 5.97 Å². The summed E-state index contributed by atoms with van der Waals surface area (Å²) in [6, 6.07) is 3.94. The number of ether oxygens (including phenoxy) is 1. The van der Waals surface area contributed by atoms with Crippen LogP contribution >= 0.6 is 0 Å². The maximum Gasteiger partial charge on any atom is 0.337 e. The van der Waals surface area contributed by atoms with Crippen molar-refractivity contribution in [2.24, 2.45) is 0 Å². The third-order valence-corrected chi connectivity index (χ3v) is 4.28. The van der Waals surface area contributed by atoms with Gasteiger partial charge in [0.15, 0.2) is 0 Å². The largest absolute Gasteiger partial charge is 0.478 e. The first-order valence-corrected chi connectivity index (χ1v) is 7.28. The van der Waals surface area contributed by atoms with E-state index in [2.05, 4.69) is 9.88 Å². The number of rotatable bonds is 3. The number of fused-ring (bicyclic) bond motifs is 1. The number of carboxylic acids is 1. The molecular weight excluding hydrogens is 256 g/mol. The minimum absolute atomic E-state index is 0.242. The van der Waals surface area contributed by atoms with Crippen LogP contribution in [-0.2, 0) is 11.3 Å². The molecule has 2 unspecified atom stereocenters. The average Bonchev–Trinajstić information content (AvgIpc) is 2.48. The van der Waals surface area contributed by atoms with Crippen LogP contribution in [0.25, 0.3) is 0 Å². The van der Waals surface area contributed by atoms with E-state index in [0.29, 0.717) is 12.1 Å². The van der Waals surface area contributed by atoms with Gasteiger partial charge in [-0.3, -0.25) is 9.88 Å². The van der Waals surface area contributed by atoms with Gasteiger partial charge in [-0.2, -0.15) is 0 Å². The Morgan fingerprint density at radius 2 is 2.25 bits per heavy atom. The van der Waals surface area contributed by atoms with Crippen LogP contribution in [0.2, 0.25) is 0 Å². The molecule has 2 atom stereocenters. The van der Waals surface area contributed by atoms with Gasteiger partial charge in [0.1, 0.15) is 0 Å². The number of nitrogens with zero attached hydrogens (tertiary/aromatic N) is 2. The molecule has 2 aliphatic rings. The number of aromatic nitrogens is 1. The van der Waals surface area contributed by atoms with E-state index >= 15 is 0 Å². The van der Waals surface area contributed by atoms with Crippen molar-refractivity contribution in [2.75, 3.05) is 13.2 Å². The fourth-order valence-electron chi connectivity index (χ4n) is 3.23. The SMILES string of the molecule is O=C(O)c1ccc(CN2CCOC3CCCCC32)nc1. The number of carboxylic acid groups (broad SMARTS) is 1. The lowest BCUT2D eigenvalue weighted by Gasteiger charge is -2.43. The third kappa shape index (κ3) is 2.83. The molecule has 3 rings (SSSR count). The molecule has 20 heavy (non-hydrogen) atoms. The summed E-state index contributed by atoms with van der Waals surface area (Å²) in [5, 5.41) is 8.88. The number of pyridine rings is 1. The van der Waals surface area contributed by atoms with Gasteiger partial charge in [-0.1, -0.05) is 12.8 Å². The zero-order chi connectivity index (χ0) is 13.9. The summed E-state index contributed by atoms with van der Waals surface area (Å²) in [6.07, 6.45) is 6.70. The van der Waals surface area contributed by atoms with Crippen molar-refractivity contribution in [3.8, 4) is 0 Å². The molecule has 0 amide bonds. The summed E-state index contributed by atoms with van der Waals surface area (Å²) in [5.74, 6) is -0.928. The molecular formula is C15H20N2O3. The van der Waals surface area contributed by atoms with Crippen LogP contribution in [-0.4, -0.2) is 46.3 Å². The predicted octanol–water partition coefficient (Wildman–Crippen LogP) is 1.92. The maximum absolute atomic E-state index is 10.8. The predicted molar refractivity (Wildman–Crippen MR) is 73.6 cm³/mol. The Morgan fingerprint density at radius 3 is 3.00 bits per heavy atom. The van der Waals surface area contributed by atoms with Crippen molar-refractivity contribution in [1.82, 2.24) is 9.88 Å². The number of morpholine rings is 1. The summed E-state index contributed by atoms with van der Waals surface area (Å²) < 4.78 is 5.86. The van der Waals surface area contributed by atoms with Gasteiger partial charge in [0.2, 0.25) is 0 Å². The lowest BCUT2D eigenvalue weighted by molar-refractivity contribution is -0.0914. The number of hydrogen-bond acceptors (Lipinski definition) is 4. The van der Waals surface area contributed by atoms with E-state index in [1.807, 2.05) is 6.07 Å². The topological polar surface area (TPSA) is 62.7 Å². The van der Waals surface area contributed by atoms with E-state index in [9.17, 15) is 4.79 Å². The molecule has 0 bridgehead atoms. The van der Waals surface area contributed by atoms with Crippen molar-refractivity contribution < 1.29 is 14.6 Å². The summed E-state index contributed by atoms with van der Waals surface area (Å²) >= 11 is 0. The molecule has 5 nitrogen and oxygen atoms in total. The highest BCUT2D eigenvalue weighted by Gasteiger charge is 2.34. The van der Waals surface area contributed by atoms with E-state index in [1.165, 1.54) is 25.5 Å². The minimum Gasteiger partial charge on any atom is -0.478 e. The van der Waals surface area contributed by atoms with E-state index in [-0.39, 0.29) is 5.56 Å². The molecule has 0 radical (unpaired) electrons. The Balaban J connectivity index is 1.68. The van der Waals surface area contributed by atoms with Gasteiger partial charge in [-0.25, -0.2) is 4.79 Å². The molecule has 108 valence electrons. The van der Waals surface area contributed by atoms with Crippen LogP contribution in [0.3, 0.4) is 0 Å². The normalized spacial score (nSPS) is 27.0. The molecule has 0 aromatic carbocycles. The van der Waals surface area contributed by atoms with Crippen LogP contribution in [0.4, 0.5) is 0 Å². The third-order valence-electron chi connectivity index (χ3n) is 4.28. The molecule has 1 saturated heterocycles. The second-order valence-electron chi connectivity index (χ2n) is 5.57. The zero-order valence-corrected chi connectivity index (χ0v) is 11.5. The Labute approximate surface area is 118 Å². The molecule has 1 saturated carbocycles. The molecule has 1 aliphatic heterocycles. The Bertz CT molecular complexity index is 473. The first-order chi connectivity index (χ1) is 9.74. The highest BCUT2D eigenvalue weighted by molar-refractivity contribution is 5.87. The van der Waals surface area contributed by atoms with E-state index in [1.54, 1.807) is 6.07 Å². The van der Waals surface area contributed by atoms with Gasteiger partial charge in [0.05, 0.1) is 24.0 Å². The van der Waals surface area contributed by atoms with E-state index in [4.69, 9.17) is 9.84 Å². The molecule has 0 spiro atoms. The standard InChI is InChI=1S/C15H20N2O3/c18-15(19)11-5-6-12(16-9-11)10-17-7-8-20-14-4-2-1-3-13(14)17/h5-6,9,13-14H,1-4,7-8,10H2,(H,18,19). The van der Waals surface area contributed by atoms with Gasteiger partial charge < -0.3 is 9.84 Å². The van der Waals surface area contributed by atoms with Gasteiger partial charge in [-0.15, -0.1) is 0 Å². The van der Waals surface area contributed by atoms with Gasteiger partial charge in [0.25, 0.3) is 0 Å². The molecule has 1 aromatic heterocycles. The van der Waals surface area contributed by atoms with Crippen molar-refractivity contribution in [1.29, 1.82) is 0 Å². The van der Waals surface area contributed by atoms with Crippen molar-refractivity contribution in [3.63, 3.8) is 0 Å². The zero-order valence-electron chi connectivity index (χ0n) is 11.5. The average molecular weight is 276 g/mol. The van der Waals surface area contributed by atoms with Gasteiger partial charge in [0, 0.05) is 25.3 Å². The highest BCUT2D eigenvalue weighted by Crippen LogP contribution is 2.29. The Hall–Kier alpha value is -1.46. The quantitative estimate of drug-likeness (QED) is 0.914. The second-order valence-corrected chi connectivity index (χ2v) is 5.57. The van der Waals surface area contributed by atoms with Crippen LogP contribution in [0.15, 0.2) is 18.3 Å². The van der Waals surface area contributed by atoms with Crippen LogP contribution in [0.1, 0.15) is 41.7 Å². The number of hydrogen-bond donors (Lipinski definition) is 1. The van der Waals surface area contributed by atoms with E-state index in [0.717, 1.165) is 31.8 Å². The molecule has 5 heteroatoms. The Morgan fingerprint density at radius 1 is 1.40 bits per heavy atom.